The lowest BCUT2D eigenvalue weighted by Gasteiger charge is -2.26. The lowest BCUT2D eigenvalue weighted by molar-refractivity contribution is 0.000657. The van der Waals surface area contributed by atoms with Crippen molar-refractivity contribution in [2.45, 2.75) is 31.3 Å². The standard InChI is InChI=1S/C13H20N2O5S/c1-4-20-13(2,3)8-15-11-6-5-9(21(14,18)19)7-10(11)12(16)17/h5-7,15H,4,8H2,1-3H3,(H,16,17)(H2,14,18,19). The van der Waals surface area contributed by atoms with Crippen LogP contribution in [0.15, 0.2) is 23.1 Å². The molecule has 4 N–H and O–H groups in total. The Bertz CT molecular complexity index is 625. The van der Waals surface area contributed by atoms with E-state index in [1.807, 2.05) is 20.8 Å². The van der Waals surface area contributed by atoms with E-state index in [9.17, 15) is 18.3 Å². The molecule has 0 amide bonds. The summed E-state index contributed by atoms with van der Waals surface area (Å²) in [6.45, 7) is 6.50. The van der Waals surface area contributed by atoms with Crippen molar-refractivity contribution in [3.05, 3.63) is 23.8 Å². The highest BCUT2D eigenvalue weighted by molar-refractivity contribution is 7.89. The molecule has 1 rings (SSSR count). The zero-order valence-electron chi connectivity index (χ0n) is 12.2. The fourth-order valence-corrected chi connectivity index (χ4v) is 2.32. The van der Waals surface area contributed by atoms with Crippen LogP contribution in [0.1, 0.15) is 31.1 Å². The molecule has 118 valence electrons. The SMILES string of the molecule is CCOC(C)(C)CNc1ccc(S(N)(=O)=O)cc1C(=O)O. The molecule has 0 saturated heterocycles. The maximum Gasteiger partial charge on any atom is 0.337 e. The van der Waals surface area contributed by atoms with Crippen LogP contribution in [-0.2, 0) is 14.8 Å². The van der Waals surface area contributed by atoms with E-state index in [2.05, 4.69) is 5.32 Å². The Kier molecular flexibility index (Phi) is 5.32. The fraction of sp³-hybridized carbons (Fsp3) is 0.462. The number of anilines is 1. The number of nitrogens with two attached hydrogens (primary N) is 1. The van der Waals surface area contributed by atoms with Crippen LogP contribution in [0, 0.1) is 0 Å². The Morgan fingerprint density at radius 3 is 2.52 bits per heavy atom. The van der Waals surface area contributed by atoms with Crippen molar-refractivity contribution in [2.24, 2.45) is 5.14 Å². The highest BCUT2D eigenvalue weighted by atomic mass is 32.2. The van der Waals surface area contributed by atoms with Gasteiger partial charge in [-0.2, -0.15) is 0 Å². The van der Waals surface area contributed by atoms with E-state index in [0.717, 1.165) is 6.07 Å². The normalized spacial score (nSPS) is 12.2. The maximum absolute atomic E-state index is 11.3. The molecule has 0 aliphatic rings. The molecule has 8 heteroatoms. The molecule has 0 radical (unpaired) electrons. The molecule has 0 aliphatic carbocycles. The summed E-state index contributed by atoms with van der Waals surface area (Å²) in [7, 11) is -3.94. The smallest absolute Gasteiger partial charge is 0.337 e. The quantitative estimate of drug-likeness (QED) is 0.697. The van der Waals surface area contributed by atoms with Gasteiger partial charge in [0.2, 0.25) is 10.0 Å². The maximum atomic E-state index is 11.3. The van der Waals surface area contributed by atoms with Gasteiger partial charge in [0.25, 0.3) is 0 Å². The number of hydrogen-bond donors (Lipinski definition) is 3. The highest BCUT2D eigenvalue weighted by Crippen LogP contribution is 2.21. The number of ether oxygens (including phenoxy) is 1. The van der Waals surface area contributed by atoms with Gasteiger partial charge in [-0.1, -0.05) is 0 Å². The number of benzene rings is 1. The van der Waals surface area contributed by atoms with Crippen LogP contribution in [0.4, 0.5) is 5.69 Å². The second kappa shape index (κ2) is 6.42. The number of carbonyl (C=O) groups is 1. The number of primary sulfonamides is 1. The number of hydrogen-bond acceptors (Lipinski definition) is 5. The fourth-order valence-electron chi connectivity index (χ4n) is 1.78. The number of rotatable bonds is 7. The molecule has 1 aromatic carbocycles. The van der Waals surface area contributed by atoms with E-state index < -0.39 is 21.6 Å². The van der Waals surface area contributed by atoms with E-state index in [-0.39, 0.29) is 10.5 Å². The van der Waals surface area contributed by atoms with Crippen molar-refractivity contribution in [1.29, 1.82) is 0 Å². The van der Waals surface area contributed by atoms with Crippen molar-refractivity contribution in [3.63, 3.8) is 0 Å². The first-order valence-corrected chi connectivity index (χ1v) is 7.89. The summed E-state index contributed by atoms with van der Waals surface area (Å²) in [5.74, 6) is -1.24. The van der Waals surface area contributed by atoms with Crippen molar-refractivity contribution in [2.75, 3.05) is 18.5 Å². The van der Waals surface area contributed by atoms with Crippen molar-refractivity contribution in [1.82, 2.24) is 0 Å². The minimum atomic E-state index is -3.94. The zero-order valence-corrected chi connectivity index (χ0v) is 13.0. The van der Waals surface area contributed by atoms with Gasteiger partial charge in [-0.25, -0.2) is 18.4 Å². The van der Waals surface area contributed by atoms with Crippen LogP contribution in [-0.4, -0.2) is 38.2 Å². The third-order valence-corrected chi connectivity index (χ3v) is 3.70. The van der Waals surface area contributed by atoms with Gasteiger partial charge < -0.3 is 15.2 Å². The van der Waals surface area contributed by atoms with Gasteiger partial charge in [-0.15, -0.1) is 0 Å². The highest BCUT2D eigenvalue weighted by Gasteiger charge is 2.20. The summed E-state index contributed by atoms with van der Waals surface area (Å²) >= 11 is 0. The molecule has 0 bridgehead atoms. The second-order valence-electron chi connectivity index (χ2n) is 5.10. The van der Waals surface area contributed by atoms with E-state index in [1.54, 1.807) is 0 Å². The summed E-state index contributed by atoms with van der Waals surface area (Å²) in [6, 6.07) is 3.68. The Morgan fingerprint density at radius 1 is 1.43 bits per heavy atom. The molecule has 0 fully saturated rings. The summed E-state index contributed by atoms with van der Waals surface area (Å²) in [5.41, 5.74) is -0.333. The predicted molar refractivity (Wildman–Crippen MR) is 79.0 cm³/mol. The van der Waals surface area contributed by atoms with Crippen LogP contribution >= 0.6 is 0 Å². The van der Waals surface area contributed by atoms with E-state index in [0.29, 0.717) is 18.8 Å². The number of carboxylic acids is 1. The first-order valence-electron chi connectivity index (χ1n) is 6.35. The van der Waals surface area contributed by atoms with Crippen molar-refractivity contribution in [3.8, 4) is 0 Å². The number of nitrogens with one attached hydrogen (secondary N) is 1. The van der Waals surface area contributed by atoms with Crippen LogP contribution in [0.5, 0.6) is 0 Å². The average molecular weight is 316 g/mol. The molecule has 0 atom stereocenters. The predicted octanol–water partition coefficient (Wildman–Crippen LogP) is 1.26. The van der Waals surface area contributed by atoms with E-state index in [1.165, 1.54) is 12.1 Å². The Hall–Kier alpha value is -1.64. The first-order chi connectivity index (χ1) is 9.57. The third kappa shape index (κ3) is 5.00. The molecule has 0 aromatic heterocycles. The van der Waals surface area contributed by atoms with Crippen molar-refractivity contribution >= 4 is 21.7 Å². The molecule has 0 heterocycles. The largest absolute Gasteiger partial charge is 0.478 e. The molecule has 0 aliphatic heterocycles. The number of aromatic carboxylic acids is 1. The van der Waals surface area contributed by atoms with Gasteiger partial charge in [0.15, 0.2) is 0 Å². The lowest BCUT2D eigenvalue weighted by Crippen LogP contribution is -2.33. The molecule has 7 nitrogen and oxygen atoms in total. The number of sulfonamides is 1. The summed E-state index contributed by atoms with van der Waals surface area (Å²) in [4.78, 5) is 11.0. The molecule has 0 spiro atoms. The minimum Gasteiger partial charge on any atom is -0.478 e. The van der Waals surface area contributed by atoms with Gasteiger partial charge in [0.1, 0.15) is 0 Å². The lowest BCUT2D eigenvalue weighted by atomic mass is 10.1. The van der Waals surface area contributed by atoms with Gasteiger partial charge >= 0.3 is 5.97 Å². The van der Waals surface area contributed by atoms with Gasteiger partial charge in [-0.3, -0.25) is 0 Å². The Balaban J connectivity index is 3.06. The van der Waals surface area contributed by atoms with Crippen molar-refractivity contribution < 1.29 is 23.1 Å². The monoisotopic (exact) mass is 316 g/mol. The second-order valence-corrected chi connectivity index (χ2v) is 6.67. The van der Waals surface area contributed by atoms with Crippen LogP contribution in [0.3, 0.4) is 0 Å². The topological polar surface area (TPSA) is 119 Å². The van der Waals surface area contributed by atoms with Crippen LogP contribution < -0.4 is 10.5 Å². The van der Waals surface area contributed by atoms with Crippen LogP contribution in [0.2, 0.25) is 0 Å². The minimum absolute atomic E-state index is 0.158. The molecule has 21 heavy (non-hydrogen) atoms. The Labute approximate surface area is 124 Å². The Morgan fingerprint density at radius 2 is 2.05 bits per heavy atom. The van der Waals surface area contributed by atoms with E-state index in [4.69, 9.17) is 9.88 Å². The summed E-state index contributed by atoms with van der Waals surface area (Å²) in [6.07, 6.45) is 0. The van der Waals surface area contributed by atoms with Gasteiger partial charge in [0, 0.05) is 18.8 Å². The molecule has 1 aromatic rings. The third-order valence-electron chi connectivity index (χ3n) is 2.79. The summed E-state index contributed by atoms with van der Waals surface area (Å²) < 4.78 is 28.0. The zero-order chi connectivity index (χ0) is 16.3. The average Bonchev–Trinajstić information content (AvgIpc) is 2.35. The van der Waals surface area contributed by atoms with Gasteiger partial charge in [0.05, 0.1) is 16.1 Å². The molecular weight excluding hydrogens is 296 g/mol. The summed E-state index contributed by atoms with van der Waals surface area (Å²) in [5, 5.41) is 17.1. The molecular formula is C13H20N2O5S. The van der Waals surface area contributed by atoms with E-state index >= 15 is 0 Å². The van der Waals surface area contributed by atoms with Gasteiger partial charge in [-0.05, 0) is 39.0 Å². The first kappa shape index (κ1) is 17.4. The molecule has 0 saturated carbocycles. The van der Waals surface area contributed by atoms with Crippen LogP contribution in [0.25, 0.3) is 0 Å². The molecule has 0 unspecified atom stereocenters. The number of carboxylic acid groups (broad SMARTS) is 1.